The maximum Gasteiger partial charge on any atom is 0 e. The van der Waals surface area contributed by atoms with Gasteiger partial charge in [0.05, 0.1) is 0 Å². The Morgan fingerprint density at radius 3 is 1.07 bits per heavy atom. The first-order chi connectivity index (χ1) is 5.97. The van der Waals surface area contributed by atoms with Gasteiger partial charge in [-0.15, -0.1) is 0 Å². The van der Waals surface area contributed by atoms with Crippen LogP contribution in [0.2, 0.25) is 0 Å². The highest BCUT2D eigenvalue weighted by Gasteiger charge is 1.91. The maximum absolute atomic E-state index is 2.12. The third-order valence-electron chi connectivity index (χ3n) is 1.88. The molecule has 0 heterocycles. The number of rotatable bonds is 1. The summed E-state index contributed by atoms with van der Waals surface area (Å²) in [5.41, 5.74) is 2.55. The first kappa shape index (κ1) is 12.9. The molecule has 0 aliphatic rings. The molecule has 0 nitrogen and oxygen atoms in total. The molecule has 69 valence electrons. The topological polar surface area (TPSA) is 0 Å². The first-order valence-electron chi connectivity index (χ1n) is 4.07. The molecule has 1 unspecified atom stereocenters. The van der Waals surface area contributed by atoms with Gasteiger partial charge in [0.25, 0.3) is 0 Å². The molecule has 2 heteroatoms. The zero-order valence-electron chi connectivity index (χ0n) is 8.06. The molecule has 0 spiro atoms. The van der Waals surface area contributed by atoms with Crippen LogP contribution in [0.1, 0.15) is 0 Å². The quantitative estimate of drug-likeness (QED) is 0.489. The zero-order valence-corrected chi connectivity index (χ0v) is 9.47. The highest BCUT2D eigenvalue weighted by Crippen LogP contribution is 2.17. The minimum absolute atomic E-state index is 0. The van der Waals surface area contributed by atoms with Gasteiger partial charge >= 0.3 is 0 Å². The monoisotopic (exact) mass is 199 g/mol. The first-order valence-corrected chi connectivity index (χ1v) is 4.07. The van der Waals surface area contributed by atoms with Gasteiger partial charge in [-0.3, -0.25) is 0 Å². The SMILES string of the molecule is P.[B].c1ccc(-c2ccccc2)cc1. The lowest BCUT2D eigenvalue weighted by Gasteiger charge is -1.98. The highest BCUT2D eigenvalue weighted by atomic mass is 31.0. The number of hydrogen-bond acceptors (Lipinski definition) is 0. The summed E-state index contributed by atoms with van der Waals surface area (Å²) in [6, 6.07) is 20.8. The average molecular weight is 199 g/mol. The smallest absolute Gasteiger partial charge is 0 e. The van der Waals surface area contributed by atoms with E-state index >= 15 is 0 Å². The van der Waals surface area contributed by atoms with Crippen LogP contribution in [0, 0.1) is 0 Å². The number of hydrogen-bond donors (Lipinski definition) is 0. The zero-order chi connectivity index (χ0) is 8.23. The highest BCUT2D eigenvalue weighted by molar-refractivity contribution is 6.92. The molecule has 1 atom stereocenters. The molecule has 0 aromatic heterocycles. The molecule has 0 N–H and O–H groups in total. The van der Waals surface area contributed by atoms with Gasteiger partial charge in [0.1, 0.15) is 0 Å². The molecule has 0 saturated heterocycles. The molecule has 0 bridgehead atoms. The van der Waals surface area contributed by atoms with Gasteiger partial charge in [-0.25, -0.2) is 0 Å². The van der Waals surface area contributed by atoms with Crippen LogP contribution in [-0.2, 0) is 0 Å². The van der Waals surface area contributed by atoms with E-state index in [-0.39, 0.29) is 18.3 Å². The van der Waals surface area contributed by atoms with E-state index in [9.17, 15) is 0 Å². The van der Waals surface area contributed by atoms with Gasteiger partial charge in [0.15, 0.2) is 0 Å². The maximum atomic E-state index is 2.12. The van der Waals surface area contributed by atoms with Crippen molar-refractivity contribution in [3.63, 3.8) is 0 Å². The molecule has 2 aromatic rings. The van der Waals surface area contributed by atoms with Crippen LogP contribution in [0.25, 0.3) is 11.1 Å². The fourth-order valence-corrected chi connectivity index (χ4v) is 1.26. The van der Waals surface area contributed by atoms with E-state index in [0.717, 1.165) is 0 Å². The minimum Gasteiger partial charge on any atom is -0.153 e. The van der Waals surface area contributed by atoms with Crippen molar-refractivity contribution < 1.29 is 0 Å². The van der Waals surface area contributed by atoms with Crippen molar-refractivity contribution in [3.8, 4) is 11.1 Å². The van der Waals surface area contributed by atoms with Crippen molar-refractivity contribution in [1.82, 2.24) is 0 Å². The van der Waals surface area contributed by atoms with Gasteiger partial charge in [-0.05, 0) is 11.1 Å². The summed E-state index contributed by atoms with van der Waals surface area (Å²) in [5.74, 6) is 0. The van der Waals surface area contributed by atoms with Crippen LogP contribution < -0.4 is 0 Å². The van der Waals surface area contributed by atoms with Gasteiger partial charge in [0, 0.05) is 8.41 Å². The molecule has 2 aromatic carbocycles. The van der Waals surface area contributed by atoms with Crippen LogP contribution in [0.5, 0.6) is 0 Å². The Bertz CT molecular complexity index is 308. The molecule has 0 aliphatic heterocycles. The van der Waals surface area contributed by atoms with E-state index in [1.807, 2.05) is 12.1 Å². The third kappa shape index (κ3) is 3.01. The Balaban J connectivity index is 0.000000845. The van der Waals surface area contributed by atoms with E-state index in [1.165, 1.54) is 11.1 Å². The Morgan fingerprint density at radius 1 is 0.500 bits per heavy atom. The van der Waals surface area contributed by atoms with Gasteiger partial charge in [-0.1, -0.05) is 60.7 Å². The normalized spacial score (nSPS) is 8.29. The second kappa shape index (κ2) is 6.40. The molecule has 14 heavy (non-hydrogen) atoms. The summed E-state index contributed by atoms with van der Waals surface area (Å²) < 4.78 is 0. The molecule has 3 radical (unpaired) electrons. The van der Waals surface area contributed by atoms with Crippen molar-refractivity contribution in [3.05, 3.63) is 60.7 Å². The summed E-state index contributed by atoms with van der Waals surface area (Å²) in [4.78, 5) is 0. The van der Waals surface area contributed by atoms with Crippen molar-refractivity contribution in [2.75, 3.05) is 0 Å². The fourth-order valence-electron chi connectivity index (χ4n) is 1.26. The molecule has 0 amide bonds. The van der Waals surface area contributed by atoms with Crippen LogP contribution in [0.3, 0.4) is 0 Å². The Morgan fingerprint density at radius 2 is 0.786 bits per heavy atom. The Labute approximate surface area is 90.6 Å². The van der Waals surface area contributed by atoms with Crippen molar-refractivity contribution in [2.24, 2.45) is 0 Å². The molecule has 0 fully saturated rings. The van der Waals surface area contributed by atoms with Crippen molar-refractivity contribution in [2.45, 2.75) is 0 Å². The fraction of sp³-hybridized carbons (Fsp3) is 0. The number of benzene rings is 2. The van der Waals surface area contributed by atoms with E-state index in [4.69, 9.17) is 0 Å². The van der Waals surface area contributed by atoms with Crippen LogP contribution in [0.4, 0.5) is 0 Å². The van der Waals surface area contributed by atoms with Gasteiger partial charge < -0.3 is 0 Å². The average Bonchev–Trinajstić information content (AvgIpc) is 2.21. The third-order valence-corrected chi connectivity index (χ3v) is 1.88. The van der Waals surface area contributed by atoms with E-state index in [2.05, 4.69) is 48.5 Å². The summed E-state index contributed by atoms with van der Waals surface area (Å²) >= 11 is 0. The summed E-state index contributed by atoms with van der Waals surface area (Å²) in [6.07, 6.45) is 0. The largest absolute Gasteiger partial charge is 0.153 e. The summed E-state index contributed by atoms with van der Waals surface area (Å²) in [5, 5.41) is 0. The predicted molar refractivity (Wildman–Crippen MR) is 68.7 cm³/mol. The predicted octanol–water partition coefficient (Wildman–Crippen LogP) is 3.03. The van der Waals surface area contributed by atoms with E-state index < -0.39 is 0 Å². The second-order valence-electron chi connectivity index (χ2n) is 2.73. The van der Waals surface area contributed by atoms with Gasteiger partial charge in [-0.2, -0.15) is 9.90 Å². The second-order valence-corrected chi connectivity index (χ2v) is 2.73. The lowest BCUT2D eigenvalue weighted by Crippen LogP contribution is -1.73. The lowest BCUT2D eigenvalue weighted by molar-refractivity contribution is 1.62. The molecule has 2 rings (SSSR count). The lowest BCUT2D eigenvalue weighted by atomic mass is 10.1. The van der Waals surface area contributed by atoms with Gasteiger partial charge in [0.2, 0.25) is 0 Å². The van der Waals surface area contributed by atoms with Crippen LogP contribution >= 0.6 is 9.90 Å². The summed E-state index contributed by atoms with van der Waals surface area (Å²) in [7, 11) is 0. The molecule has 0 saturated carbocycles. The molecule has 0 aliphatic carbocycles. The van der Waals surface area contributed by atoms with E-state index in [0.29, 0.717) is 0 Å². The van der Waals surface area contributed by atoms with Crippen molar-refractivity contribution in [1.29, 1.82) is 0 Å². The van der Waals surface area contributed by atoms with Crippen LogP contribution in [0.15, 0.2) is 60.7 Å². The summed E-state index contributed by atoms with van der Waals surface area (Å²) in [6.45, 7) is 0. The van der Waals surface area contributed by atoms with E-state index in [1.54, 1.807) is 0 Å². The van der Waals surface area contributed by atoms with Crippen LogP contribution in [-0.4, -0.2) is 8.41 Å². The van der Waals surface area contributed by atoms with Crippen molar-refractivity contribution >= 4 is 18.3 Å². The molecular weight excluding hydrogens is 186 g/mol. The molecular formula is C12H13BP. The standard InChI is InChI=1S/C12H10.B.H3P/c1-3-7-11(8-4-1)12-9-5-2-6-10-12;;/h1-10H;;1H3. The minimum atomic E-state index is 0. The Hall–Kier alpha value is -1.07. The Kier molecular flexibility index (Phi) is 5.91.